The van der Waals surface area contributed by atoms with Crippen LogP contribution >= 0.6 is 0 Å². The summed E-state index contributed by atoms with van der Waals surface area (Å²) < 4.78 is 0. The van der Waals surface area contributed by atoms with Crippen LogP contribution in [0.5, 0.6) is 0 Å². The fraction of sp³-hybridized carbons (Fsp3) is 0.250. The van der Waals surface area contributed by atoms with E-state index in [1.807, 2.05) is 25.1 Å². The molecule has 0 saturated heterocycles. The van der Waals surface area contributed by atoms with E-state index in [4.69, 9.17) is 10.5 Å². The lowest BCUT2D eigenvalue weighted by molar-refractivity contribution is 0.567. The van der Waals surface area contributed by atoms with Crippen molar-refractivity contribution in [2.24, 2.45) is 0 Å². The number of hydrogen-bond donors (Lipinski definition) is 1. The average molecular weight is 312 g/mol. The predicted octanol–water partition coefficient (Wildman–Crippen LogP) is 3.95. The second kappa shape index (κ2) is 6.45. The molecule has 1 atom stereocenters. The van der Waals surface area contributed by atoms with E-state index >= 15 is 0 Å². The number of allylic oxidation sites excluding steroid dienone is 5. The highest BCUT2D eigenvalue weighted by atomic mass is 14.9. The van der Waals surface area contributed by atoms with E-state index in [0.717, 1.165) is 36.1 Å². The highest BCUT2D eigenvalue weighted by Gasteiger charge is 2.31. The van der Waals surface area contributed by atoms with Gasteiger partial charge in [0.25, 0.3) is 0 Å². The topological polar surface area (TPSA) is 83.4 Å². The van der Waals surface area contributed by atoms with Crippen molar-refractivity contribution >= 4 is 0 Å². The summed E-state index contributed by atoms with van der Waals surface area (Å²) in [5.41, 5.74) is 5.14. The third-order valence-corrected chi connectivity index (χ3v) is 4.73. The van der Waals surface area contributed by atoms with Crippen LogP contribution in [0.15, 0.2) is 64.0 Å². The maximum Gasteiger partial charge on any atom is 0.154 e. The Bertz CT molecular complexity index is 880. The fourth-order valence-corrected chi connectivity index (χ4v) is 3.53. The van der Waals surface area contributed by atoms with Crippen LogP contribution in [0.25, 0.3) is 0 Å². The average Bonchev–Trinajstić information content (AvgIpc) is 2.63. The Kier molecular flexibility index (Phi) is 4.19. The lowest BCUT2D eigenvalue weighted by atomic mass is 9.74. The maximum atomic E-state index is 9.59. The molecule has 1 unspecified atom stereocenters. The summed E-state index contributed by atoms with van der Waals surface area (Å²) in [6, 6.07) is 16.4. The first-order valence-corrected chi connectivity index (χ1v) is 7.89. The number of rotatable bonds is 1. The molecular weight excluding hydrogens is 296 g/mol. The second-order valence-electron chi connectivity index (χ2n) is 6.02. The van der Waals surface area contributed by atoms with Crippen molar-refractivity contribution in [3.8, 4) is 18.2 Å². The molecule has 0 bridgehead atoms. The smallest absolute Gasteiger partial charge is 0.154 e. The molecule has 1 aliphatic carbocycles. The van der Waals surface area contributed by atoms with E-state index in [2.05, 4.69) is 35.7 Å². The van der Waals surface area contributed by atoms with E-state index in [1.54, 1.807) is 0 Å². The Balaban J connectivity index is 2.04. The van der Waals surface area contributed by atoms with Crippen LogP contribution in [0, 0.1) is 34.0 Å². The molecule has 1 aliphatic heterocycles. The van der Waals surface area contributed by atoms with Crippen molar-refractivity contribution in [3.63, 3.8) is 0 Å². The molecular formula is C20H16N4. The number of nitrogens with one attached hydrogen (secondary N) is 1. The Morgan fingerprint density at radius 1 is 1.08 bits per heavy atom. The largest absolute Gasteiger partial charge is 0.356 e. The second-order valence-corrected chi connectivity index (χ2v) is 6.02. The number of dihydropyridines is 1. The first-order valence-electron chi connectivity index (χ1n) is 7.89. The van der Waals surface area contributed by atoms with Gasteiger partial charge in [-0.3, -0.25) is 0 Å². The standard InChI is InChI=1S/C20H16N4/c1-13-18-9-15(14-5-3-2-4-6-14)7-8-17(18)19(12-23)20(24-13)16(10-21)11-22/h2-6,15,24H,7-9H2,1H3. The quantitative estimate of drug-likeness (QED) is 0.796. The number of nitriles is 3. The normalized spacial score (nSPS) is 19.6. The van der Waals surface area contributed by atoms with Crippen molar-refractivity contribution < 1.29 is 0 Å². The van der Waals surface area contributed by atoms with Crippen LogP contribution < -0.4 is 5.32 Å². The van der Waals surface area contributed by atoms with E-state index in [9.17, 15) is 5.26 Å². The minimum absolute atomic E-state index is 0.0392. The summed E-state index contributed by atoms with van der Waals surface area (Å²) in [6.45, 7) is 1.95. The van der Waals surface area contributed by atoms with Gasteiger partial charge in [-0.1, -0.05) is 30.3 Å². The van der Waals surface area contributed by atoms with E-state index < -0.39 is 0 Å². The van der Waals surface area contributed by atoms with Crippen LogP contribution in [0.4, 0.5) is 0 Å². The first kappa shape index (κ1) is 15.6. The number of benzene rings is 1. The molecule has 0 amide bonds. The van der Waals surface area contributed by atoms with Crippen molar-refractivity contribution in [2.75, 3.05) is 0 Å². The van der Waals surface area contributed by atoms with Gasteiger partial charge in [0.1, 0.15) is 18.2 Å². The van der Waals surface area contributed by atoms with Crippen LogP contribution in [0.1, 0.15) is 37.7 Å². The zero-order valence-corrected chi connectivity index (χ0v) is 13.4. The molecule has 3 rings (SSSR count). The Morgan fingerprint density at radius 3 is 2.42 bits per heavy atom. The molecule has 1 saturated carbocycles. The highest BCUT2D eigenvalue weighted by molar-refractivity contribution is 5.63. The van der Waals surface area contributed by atoms with Crippen LogP contribution in [-0.2, 0) is 0 Å². The molecule has 0 radical (unpaired) electrons. The van der Waals surface area contributed by atoms with Gasteiger partial charge in [0.05, 0.1) is 11.3 Å². The molecule has 1 aromatic rings. The maximum absolute atomic E-state index is 9.59. The minimum atomic E-state index is -0.0392. The van der Waals surface area contributed by atoms with Crippen molar-refractivity contribution in [3.05, 3.63) is 69.6 Å². The summed E-state index contributed by atoms with van der Waals surface area (Å²) in [5.74, 6) is 0.429. The molecule has 4 nitrogen and oxygen atoms in total. The number of nitrogens with zero attached hydrogens (tertiary/aromatic N) is 3. The molecule has 4 heteroatoms. The highest BCUT2D eigenvalue weighted by Crippen LogP contribution is 2.44. The zero-order chi connectivity index (χ0) is 17.1. The summed E-state index contributed by atoms with van der Waals surface area (Å²) in [4.78, 5) is 0. The molecule has 0 spiro atoms. The van der Waals surface area contributed by atoms with Crippen LogP contribution in [0.2, 0.25) is 0 Å². The van der Waals surface area contributed by atoms with Gasteiger partial charge in [-0.15, -0.1) is 0 Å². The summed E-state index contributed by atoms with van der Waals surface area (Å²) in [6.07, 6.45) is 2.61. The molecule has 1 N–H and O–H groups in total. The van der Waals surface area contributed by atoms with E-state index in [0.29, 0.717) is 17.2 Å². The van der Waals surface area contributed by atoms with Gasteiger partial charge in [-0.2, -0.15) is 15.8 Å². The zero-order valence-electron chi connectivity index (χ0n) is 13.4. The van der Waals surface area contributed by atoms with Gasteiger partial charge in [-0.05, 0) is 48.8 Å². The predicted molar refractivity (Wildman–Crippen MR) is 89.8 cm³/mol. The third kappa shape index (κ3) is 2.58. The lowest BCUT2D eigenvalue weighted by Gasteiger charge is -2.33. The molecule has 0 aromatic heterocycles. The Hall–Kier alpha value is -3.29. The number of fused-ring (bicyclic) bond motifs is 1. The fourth-order valence-electron chi connectivity index (χ4n) is 3.53. The SMILES string of the molecule is CC1=C2CC(c3ccccc3)CCC2=C(C#N)C(=C(C#N)C#N)N1. The minimum Gasteiger partial charge on any atom is -0.356 e. The van der Waals surface area contributed by atoms with Gasteiger partial charge < -0.3 is 5.32 Å². The van der Waals surface area contributed by atoms with Gasteiger partial charge >= 0.3 is 0 Å². The van der Waals surface area contributed by atoms with E-state index in [-0.39, 0.29) is 5.57 Å². The molecule has 2 aliphatic rings. The Morgan fingerprint density at radius 2 is 1.79 bits per heavy atom. The van der Waals surface area contributed by atoms with Crippen molar-refractivity contribution in [2.45, 2.75) is 32.1 Å². The summed E-state index contributed by atoms with van der Waals surface area (Å²) in [5, 5.41) is 31.0. The molecule has 116 valence electrons. The van der Waals surface area contributed by atoms with Crippen LogP contribution in [0.3, 0.4) is 0 Å². The van der Waals surface area contributed by atoms with Crippen LogP contribution in [-0.4, -0.2) is 0 Å². The molecule has 1 heterocycles. The van der Waals surface area contributed by atoms with Gasteiger partial charge in [-0.25, -0.2) is 0 Å². The summed E-state index contributed by atoms with van der Waals surface area (Å²) >= 11 is 0. The van der Waals surface area contributed by atoms with E-state index in [1.165, 1.54) is 5.56 Å². The van der Waals surface area contributed by atoms with Gasteiger partial charge in [0.2, 0.25) is 0 Å². The molecule has 1 aromatic carbocycles. The third-order valence-electron chi connectivity index (χ3n) is 4.73. The molecule has 1 fully saturated rings. The van der Waals surface area contributed by atoms with Gasteiger partial charge in [0, 0.05) is 5.70 Å². The van der Waals surface area contributed by atoms with Crippen molar-refractivity contribution in [1.29, 1.82) is 15.8 Å². The van der Waals surface area contributed by atoms with Gasteiger partial charge in [0.15, 0.2) is 5.57 Å². The number of hydrogen-bond acceptors (Lipinski definition) is 4. The van der Waals surface area contributed by atoms with Crippen molar-refractivity contribution in [1.82, 2.24) is 5.32 Å². The molecule has 24 heavy (non-hydrogen) atoms. The monoisotopic (exact) mass is 312 g/mol. The lowest BCUT2D eigenvalue weighted by Crippen LogP contribution is -2.26. The Labute approximate surface area is 141 Å². The first-order chi connectivity index (χ1) is 11.7. The summed E-state index contributed by atoms with van der Waals surface area (Å²) in [7, 11) is 0.